The second kappa shape index (κ2) is 15.4. The second-order valence-electron chi connectivity index (χ2n) is 7.33. The summed E-state index contributed by atoms with van der Waals surface area (Å²) in [7, 11) is 12.0. The van der Waals surface area contributed by atoms with E-state index in [1.165, 1.54) is 7.11 Å². The monoisotopic (exact) mass is 476 g/mol. The number of ether oxygens (including phenoxy) is 1. The first kappa shape index (κ1) is 29.8. The van der Waals surface area contributed by atoms with Crippen molar-refractivity contribution in [3.63, 3.8) is 0 Å². The predicted octanol–water partition coefficient (Wildman–Crippen LogP) is 3.87. The SMILES string of the molecule is COC(=O)NC(C(=O)N1CCCC1C(=O)C(C)(C)C)C(C)C.PP.PPP. The Hall–Kier alpha value is 0.560. The zero-order chi connectivity index (χ0) is 21.8. The van der Waals surface area contributed by atoms with E-state index in [0.29, 0.717) is 13.0 Å². The molecule has 0 aromatic carbocycles. The highest BCUT2D eigenvalue weighted by Crippen LogP contribution is 2.28. The Morgan fingerprint density at radius 2 is 1.67 bits per heavy atom. The molecule has 6 atom stereocenters. The molecular weight excluding hydrogens is 439 g/mol. The van der Waals surface area contributed by atoms with E-state index in [0.717, 1.165) is 14.4 Å². The minimum Gasteiger partial charge on any atom is -0.453 e. The highest BCUT2D eigenvalue weighted by molar-refractivity contribution is 8.33. The molecule has 1 rings (SSSR count). The molecule has 1 saturated heterocycles. The Morgan fingerprint density at radius 1 is 1.19 bits per heavy atom. The molecule has 1 fully saturated rings. The molecule has 0 saturated carbocycles. The van der Waals surface area contributed by atoms with Crippen LogP contribution in [-0.2, 0) is 14.3 Å². The first-order valence-electron chi connectivity index (χ1n) is 8.70. The van der Waals surface area contributed by atoms with E-state index in [2.05, 4.69) is 45.8 Å². The first-order valence-corrected chi connectivity index (χ1v) is 16.0. The first-order chi connectivity index (χ1) is 12.5. The smallest absolute Gasteiger partial charge is 0.407 e. The number of methoxy groups -OCH3 is 1. The largest absolute Gasteiger partial charge is 0.453 e. The van der Waals surface area contributed by atoms with Gasteiger partial charge in [0.25, 0.3) is 0 Å². The lowest BCUT2D eigenvalue weighted by molar-refractivity contribution is -0.142. The van der Waals surface area contributed by atoms with Gasteiger partial charge in [-0.2, -0.15) is 0 Å². The Balaban J connectivity index is 0. The number of nitrogens with zero attached hydrogens (tertiary/aromatic N) is 1. The van der Waals surface area contributed by atoms with Crippen LogP contribution in [0.25, 0.3) is 0 Å². The number of hydrogen-bond acceptors (Lipinski definition) is 4. The number of nitrogens with one attached hydrogen (secondary N) is 1. The molecule has 6 nitrogen and oxygen atoms in total. The van der Waals surface area contributed by atoms with E-state index in [-0.39, 0.29) is 17.6 Å². The Kier molecular flexibility index (Phi) is 17.0. The Morgan fingerprint density at radius 3 is 2.04 bits per heavy atom. The van der Waals surface area contributed by atoms with Crippen LogP contribution in [0.5, 0.6) is 0 Å². The molecule has 11 heteroatoms. The number of ketones is 1. The van der Waals surface area contributed by atoms with Crippen molar-refractivity contribution in [2.24, 2.45) is 11.3 Å². The van der Waals surface area contributed by atoms with Gasteiger partial charge in [0.1, 0.15) is 6.04 Å². The summed E-state index contributed by atoms with van der Waals surface area (Å²) >= 11 is 0. The fraction of sp³-hybridized carbons (Fsp3) is 0.812. The zero-order valence-corrected chi connectivity index (χ0v) is 22.9. The minimum atomic E-state index is -0.680. The molecule has 27 heavy (non-hydrogen) atoms. The number of hydrogen-bond donors (Lipinski definition) is 1. The highest BCUT2D eigenvalue weighted by Gasteiger charge is 2.41. The van der Waals surface area contributed by atoms with Crippen LogP contribution in [-0.4, -0.2) is 48.4 Å². The maximum Gasteiger partial charge on any atom is 0.407 e. The maximum absolute atomic E-state index is 12.8. The topological polar surface area (TPSA) is 75.7 Å². The fourth-order valence-electron chi connectivity index (χ4n) is 2.68. The molecule has 1 N–H and O–H groups in total. The van der Waals surface area contributed by atoms with Gasteiger partial charge in [-0.05, 0) is 18.8 Å². The fourth-order valence-corrected chi connectivity index (χ4v) is 2.68. The lowest BCUT2D eigenvalue weighted by Crippen LogP contribution is -2.54. The van der Waals surface area contributed by atoms with Gasteiger partial charge in [0.05, 0.1) is 13.2 Å². The van der Waals surface area contributed by atoms with Crippen molar-refractivity contribution in [2.45, 2.75) is 59.5 Å². The van der Waals surface area contributed by atoms with Gasteiger partial charge in [0.15, 0.2) is 5.78 Å². The number of rotatable bonds is 4. The van der Waals surface area contributed by atoms with E-state index in [4.69, 9.17) is 0 Å². The van der Waals surface area contributed by atoms with E-state index in [1.54, 1.807) is 4.90 Å². The van der Waals surface area contributed by atoms with Crippen molar-refractivity contribution in [1.82, 2.24) is 10.2 Å². The van der Waals surface area contributed by atoms with Gasteiger partial charge >= 0.3 is 6.09 Å². The molecule has 2 amide bonds. The predicted molar refractivity (Wildman–Crippen MR) is 131 cm³/mol. The van der Waals surface area contributed by atoms with E-state index in [9.17, 15) is 14.4 Å². The molecule has 0 radical (unpaired) electrons. The molecule has 1 aliphatic rings. The number of likely N-dealkylation sites (tertiary alicyclic amines) is 1. The molecule has 0 bridgehead atoms. The van der Waals surface area contributed by atoms with Crippen LogP contribution >= 0.6 is 43.7 Å². The minimum absolute atomic E-state index is 0.0684. The lowest BCUT2D eigenvalue weighted by Gasteiger charge is -2.32. The van der Waals surface area contributed by atoms with Gasteiger partial charge in [-0.15, -0.1) is 35.7 Å². The second-order valence-corrected chi connectivity index (χ2v) is 11.7. The molecular formula is C16H37N2O4P5. The maximum atomic E-state index is 12.8. The summed E-state index contributed by atoms with van der Waals surface area (Å²) in [5.41, 5.74) is -0.489. The van der Waals surface area contributed by atoms with Gasteiger partial charge in [-0.1, -0.05) is 42.6 Å². The number of amides is 2. The molecule has 0 aliphatic carbocycles. The average molecular weight is 476 g/mol. The average Bonchev–Trinajstić information content (AvgIpc) is 3.09. The molecule has 160 valence electrons. The number of alkyl carbamates (subject to hydrolysis) is 1. The van der Waals surface area contributed by atoms with Crippen molar-refractivity contribution in [2.75, 3.05) is 13.7 Å². The van der Waals surface area contributed by atoms with Gasteiger partial charge in [0.2, 0.25) is 5.91 Å². The highest BCUT2D eigenvalue weighted by atomic mass is 32.4. The van der Waals surface area contributed by atoms with Crippen LogP contribution in [0.1, 0.15) is 47.5 Å². The summed E-state index contributed by atoms with van der Waals surface area (Å²) in [5, 5.41) is 2.58. The summed E-state index contributed by atoms with van der Waals surface area (Å²) < 4.78 is 4.58. The number of Topliss-reactive ketones (excluding diaryl/α,β-unsaturated/α-hetero) is 1. The summed E-state index contributed by atoms with van der Waals surface area (Å²) in [6.45, 7) is 9.86. The Labute approximate surface area is 175 Å². The normalized spacial score (nSPS) is 17.1. The summed E-state index contributed by atoms with van der Waals surface area (Å²) in [6, 6.07) is -1.07. The van der Waals surface area contributed by atoms with E-state index in [1.807, 2.05) is 34.6 Å². The number of carbonyl (C=O) groups is 3. The lowest BCUT2D eigenvalue weighted by atomic mass is 9.85. The van der Waals surface area contributed by atoms with Gasteiger partial charge < -0.3 is 15.0 Å². The standard InChI is InChI=1S/C16H28N2O4.H5P3.H4P2/c1-10(2)12(17-15(21)22-6)14(20)18-9-7-8-11(18)13(19)16(3,4)5;1-3-2;1-2/h10-12H,7-9H2,1-6H3,(H,17,21);3H,1-2H2;1-2H2. The van der Waals surface area contributed by atoms with Gasteiger partial charge in [0, 0.05) is 12.0 Å². The van der Waals surface area contributed by atoms with Crippen molar-refractivity contribution in [1.29, 1.82) is 0 Å². The molecule has 1 aliphatic heterocycles. The molecule has 1 heterocycles. The van der Waals surface area contributed by atoms with Crippen LogP contribution in [0, 0.1) is 11.3 Å². The van der Waals surface area contributed by atoms with Crippen molar-refractivity contribution < 1.29 is 19.1 Å². The van der Waals surface area contributed by atoms with Crippen LogP contribution in [0.15, 0.2) is 0 Å². The van der Waals surface area contributed by atoms with Crippen LogP contribution in [0.3, 0.4) is 0 Å². The zero-order valence-electron chi connectivity index (χ0n) is 17.2. The third kappa shape index (κ3) is 10.8. The number of carbonyl (C=O) groups excluding carboxylic acids is 3. The van der Waals surface area contributed by atoms with Gasteiger partial charge in [-0.25, -0.2) is 4.79 Å². The Bertz CT molecular complexity index is 472. The molecule has 6 unspecified atom stereocenters. The van der Waals surface area contributed by atoms with Crippen molar-refractivity contribution >= 4 is 61.5 Å². The van der Waals surface area contributed by atoms with Crippen LogP contribution in [0.4, 0.5) is 4.79 Å². The van der Waals surface area contributed by atoms with Crippen molar-refractivity contribution in [3.8, 4) is 0 Å². The van der Waals surface area contributed by atoms with Crippen LogP contribution in [0.2, 0.25) is 0 Å². The van der Waals surface area contributed by atoms with Gasteiger partial charge in [-0.3, -0.25) is 9.59 Å². The summed E-state index contributed by atoms with van der Waals surface area (Å²) in [4.78, 5) is 38.4. The van der Waals surface area contributed by atoms with Crippen molar-refractivity contribution in [3.05, 3.63) is 0 Å². The molecule has 0 spiro atoms. The molecule has 0 aromatic heterocycles. The summed E-state index contributed by atoms with van der Waals surface area (Å²) in [5.74, 6) is -0.225. The van der Waals surface area contributed by atoms with E-state index >= 15 is 0 Å². The van der Waals surface area contributed by atoms with Crippen LogP contribution < -0.4 is 5.32 Å². The third-order valence-corrected chi connectivity index (χ3v) is 3.97. The summed E-state index contributed by atoms with van der Waals surface area (Å²) in [6.07, 6.45) is 0.858. The quantitative estimate of drug-likeness (QED) is 0.626. The van der Waals surface area contributed by atoms with E-state index < -0.39 is 23.6 Å². The third-order valence-electron chi connectivity index (χ3n) is 3.97. The molecule has 0 aromatic rings.